The molecule has 98 valence electrons. The Morgan fingerprint density at radius 1 is 1.11 bits per heavy atom. The van der Waals surface area contributed by atoms with Crippen molar-refractivity contribution in [1.82, 2.24) is 0 Å². The molecule has 2 aromatic carbocycles. The summed E-state index contributed by atoms with van der Waals surface area (Å²) < 4.78 is 0. The Morgan fingerprint density at radius 2 is 1.79 bits per heavy atom. The van der Waals surface area contributed by atoms with Crippen molar-refractivity contribution in [3.8, 4) is 0 Å². The third kappa shape index (κ3) is 3.02. The van der Waals surface area contributed by atoms with Crippen molar-refractivity contribution in [2.24, 2.45) is 11.8 Å². The Bertz CT molecular complexity index is 606. The zero-order chi connectivity index (χ0) is 13.8. The van der Waals surface area contributed by atoms with Crippen LogP contribution >= 0.6 is 0 Å². The molecule has 19 heavy (non-hydrogen) atoms. The van der Waals surface area contributed by atoms with Crippen LogP contribution in [-0.2, 0) is 4.79 Å². The normalized spacial score (nSPS) is 13.2. The van der Waals surface area contributed by atoms with Gasteiger partial charge in [-0.25, -0.2) is 0 Å². The highest BCUT2D eigenvalue weighted by atomic mass is 16.4. The molecule has 0 aliphatic carbocycles. The summed E-state index contributed by atoms with van der Waals surface area (Å²) in [7, 11) is 0. The number of fused-ring (bicyclic) bond motifs is 1. The zero-order valence-corrected chi connectivity index (χ0v) is 11.2. The molecular weight excluding hydrogens is 236 g/mol. The van der Waals surface area contributed by atoms with E-state index in [9.17, 15) is 9.90 Å². The van der Waals surface area contributed by atoms with E-state index in [0.717, 1.165) is 10.9 Å². The van der Waals surface area contributed by atoms with Gasteiger partial charge in [-0.2, -0.15) is 0 Å². The predicted octanol–water partition coefficient (Wildman–Crippen LogP) is 4.21. The minimum Gasteiger partial charge on any atom is -0.481 e. The van der Waals surface area contributed by atoms with Crippen molar-refractivity contribution in [3.63, 3.8) is 0 Å². The first-order chi connectivity index (χ1) is 9.09. The molecule has 0 saturated heterocycles. The lowest BCUT2D eigenvalue weighted by molar-refractivity contribution is -0.141. The number of carbonyl (C=O) groups is 1. The van der Waals surface area contributed by atoms with Crippen LogP contribution in [0.3, 0.4) is 0 Å². The summed E-state index contributed by atoms with van der Waals surface area (Å²) in [6.07, 6.45) is 3.70. The van der Waals surface area contributed by atoms with Crippen LogP contribution in [0.2, 0.25) is 0 Å². The molecule has 0 radical (unpaired) electrons. The summed E-state index contributed by atoms with van der Waals surface area (Å²) in [4.78, 5) is 11.2. The second kappa shape index (κ2) is 5.70. The zero-order valence-electron chi connectivity index (χ0n) is 11.2. The molecule has 0 bridgehead atoms. The molecule has 2 nitrogen and oxygen atoms in total. The summed E-state index contributed by atoms with van der Waals surface area (Å²) in [6, 6.07) is 14.2. The second-order valence-corrected chi connectivity index (χ2v) is 5.04. The summed E-state index contributed by atoms with van der Waals surface area (Å²) in [6.45, 7) is 3.85. The highest BCUT2D eigenvalue weighted by Gasteiger charge is 2.17. The highest BCUT2D eigenvalue weighted by molar-refractivity contribution is 5.90. The lowest BCUT2D eigenvalue weighted by Crippen LogP contribution is -2.16. The fourth-order valence-electron chi connectivity index (χ4n) is 2.19. The molecule has 0 aliphatic rings. The quantitative estimate of drug-likeness (QED) is 0.887. The molecular formula is C17H18O2. The van der Waals surface area contributed by atoms with Gasteiger partial charge in [-0.3, -0.25) is 4.79 Å². The maximum absolute atomic E-state index is 11.2. The average Bonchev–Trinajstić information content (AvgIpc) is 2.38. The number of benzene rings is 2. The van der Waals surface area contributed by atoms with Gasteiger partial charge in [-0.15, -0.1) is 0 Å². The molecule has 0 aromatic heterocycles. The summed E-state index contributed by atoms with van der Waals surface area (Å²) in [5, 5.41) is 11.5. The van der Waals surface area contributed by atoms with E-state index in [1.165, 1.54) is 5.39 Å². The smallest absolute Gasteiger partial charge is 0.310 e. The predicted molar refractivity (Wildman–Crippen MR) is 78.9 cm³/mol. The molecule has 0 fully saturated rings. The molecule has 0 aliphatic heterocycles. The van der Waals surface area contributed by atoms with E-state index in [-0.39, 0.29) is 5.92 Å². The fraction of sp³-hybridized carbons (Fsp3) is 0.235. The van der Waals surface area contributed by atoms with Crippen molar-refractivity contribution in [2.75, 3.05) is 0 Å². The van der Waals surface area contributed by atoms with Crippen LogP contribution < -0.4 is 0 Å². The standard InChI is InChI=1S/C17H18O2/c1-12(2)15(17(18)19)11-10-14-8-5-7-13-6-3-4-9-16(13)14/h3-12,15H,1-2H3,(H,18,19)/b11-10+. The second-order valence-electron chi connectivity index (χ2n) is 5.04. The molecule has 1 atom stereocenters. The van der Waals surface area contributed by atoms with E-state index in [1.807, 2.05) is 44.2 Å². The molecule has 0 spiro atoms. The van der Waals surface area contributed by atoms with Crippen LogP contribution in [0.5, 0.6) is 0 Å². The van der Waals surface area contributed by atoms with Crippen molar-refractivity contribution in [1.29, 1.82) is 0 Å². The van der Waals surface area contributed by atoms with Gasteiger partial charge in [-0.05, 0) is 22.3 Å². The average molecular weight is 254 g/mol. The van der Waals surface area contributed by atoms with Gasteiger partial charge < -0.3 is 5.11 Å². The van der Waals surface area contributed by atoms with Gasteiger partial charge in [0.05, 0.1) is 5.92 Å². The Hall–Kier alpha value is -2.09. The topological polar surface area (TPSA) is 37.3 Å². The lowest BCUT2D eigenvalue weighted by Gasteiger charge is -2.11. The number of aliphatic carboxylic acids is 1. The van der Waals surface area contributed by atoms with Crippen molar-refractivity contribution < 1.29 is 9.90 Å². The van der Waals surface area contributed by atoms with Gasteiger partial charge in [0.15, 0.2) is 0 Å². The van der Waals surface area contributed by atoms with Gasteiger partial charge in [0, 0.05) is 0 Å². The van der Waals surface area contributed by atoms with E-state index in [1.54, 1.807) is 6.08 Å². The number of hydrogen-bond acceptors (Lipinski definition) is 1. The third-order valence-corrected chi connectivity index (χ3v) is 3.31. The first-order valence-corrected chi connectivity index (χ1v) is 6.48. The van der Waals surface area contributed by atoms with Gasteiger partial charge in [-0.1, -0.05) is 68.5 Å². The molecule has 2 heteroatoms. The van der Waals surface area contributed by atoms with E-state index in [2.05, 4.69) is 18.2 Å². The SMILES string of the molecule is CC(C)C(/C=C/c1cccc2ccccc12)C(=O)O. The first-order valence-electron chi connectivity index (χ1n) is 6.48. The molecule has 1 N–H and O–H groups in total. The molecule has 0 amide bonds. The van der Waals surface area contributed by atoms with Crippen LogP contribution in [0.25, 0.3) is 16.8 Å². The fourth-order valence-corrected chi connectivity index (χ4v) is 2.19. The van der Waals surface area contributed by atoms with E-state index in [0.29, 0.717) is 0 Å². The summed E-state index contributed by atoms with van der Waals surface area (Å²) in [5.41, 5.74) is 1.06. The van der Waals surface area contributed by atoms with Gasteiger partial charge >= 0.3 is 5.97 Å². The van der Waals surface area contributed by atoms with Gasteiger partial charge in [0.1, 0.15) is 0 Å². The van der Waals surface area contributed by atoms with Crippen molar-refractivity contribution >= 4 is 22.8 Å². The molecule has 1 unspecified atom stereocenters. The highest BCUT2D eigenvalue weighted by Crippen LogP contribution is 2.21. The Balaban J connectivity index is 2.38. The summed E-state index contributed by atoms with van der Waals surface area (Å²) in [5.74, 6) is -1.13. The monoisotopic (exact) mass is 254 g/mol. The largest absolute Gasteiger partial charge is 0.481 e. The van der Waals surface area contributed by atoms with E-state index in [4.69, 9.17) is 0 Å². The number of rotatable bonds is 4. The van der Waals surface area contributed by atoms with Crippen LogP contribution in [-0.4, -0.2) is 11.1 Å². The summed E-state index contributed by atoms with van der Waals surface area (Å²) >= 11 is 0. The minimum atomic E-state index is -0.772. The van der Waals surface area contributed by atoms with Crippen LogP contribution in [0.4, 0.5) is 0 Å². The van der Waals surface area contributed by atoms with E-state index >= 15 is 0 Å². The first kappa shape index (κ1) is 13.3. The number of carboxylic acid groups (broad SMARTS) is 1. The Morgan fingerprint density at radius 3 is 2.47 bits per heavy atom. The number of carboxylic acids is 1. The van der Waals surface area contributed by atoms with Crippen molar-refractivity contribution in [2.45, 2.75) is 13.8 Å². The maximum Gasteiger partial charge on any atom is 0.310 e. The Kier molecular flexibility index (Phi) is 4.00. The van der Waals surface area contributed by atoms with Gasteiger partial charge in [0.25, 0.3) is 0 Å². The third-order valence-electron chi connectivity index (χ3n) is 3.31. The van der Waals surface area contributed by atoms with Crippen LogP contribution in [0, 0.1) is 11.8 Å². The number of hydrogen-bond donors (Lipinski definition) is 1. The van der Waals surface area contributed by atoms with Crippen LogP contribution in [0.1, 0.15) is 19.4 Å². The van der Waals surface area contributed by atoms with E-state index < -0.39 is 11.9 Å². The lowest BCUT2D eigenvalue weighted by atomic mass is 9.94. The molecule has 2 aromatic rings. The molecule has 0 heterocycles. The van der Waals surface area contributed by atoms with Crippen LogP contribution in [0.15, 0.2) is 48.5 Å². The van der Waals surface area contributed by atoms with Gasteiger partial charge in [0.2, 0.25) is 0 Å². The maximum atomic E-state index is 11.2. The molecule has 2 rings (SSSR count). The molecule has 0 saturated carbocycles. The Labute approximate surface area is 113 Å². The van der Waals surface area contributed by atoms with Crippen molar-refractivity contribution in [3.05, 3.63) is 54.1 Å². The minimum absolute atomic E-state index is 0.0868.